The molecule has 1 saturated carbocycles. The van der Waals surface area contributed by atoms with Crippen molar-refractivity contribution in [3.8, 4) is 0 Å². The summed E-state index contributed by atoms with van der Waals surface area (Å²) in [4.78, 5) is 0. The van der Waals surface area contributed by atoms with Gasteiger partial charge in [-0.2, -0.15) is 0 Å². The summed E-state index contributed by atoms with van der Waals surface area (Å²) in [6, 6.07) is 0.734. The van der Waals surface area contributed by atoms with E-state index in [1.165, 1.54) is 32.1 Å². The van der Waals surface area contributed by atoms with E-state index >= 15 is 0 Å². The molecular weight excluding hydrogens is 182 g/mol. The maximum atomic E-state index is 3.54. The zero-order valence-electron chi connectivity index (χ0n) is 11.3. The lowest BCUT2D eigenvalue weighted by Crippen LogP contribution is -2.38. The molecule has 1 aliphatic carbocycles. The molecule has 0 aromatic rings. The second-order valence-electron chi connectivity index (χ2n) is 6.68. The monoisotopic (exact) mass is 211 g/mol. The van der Waals surface area contributed by atoms with E-state index in [2.05, 4.69) is 40.1 Å². The minimum Gasteiger partial charge on any atom is -0.317 e. The molecule has 0 aromatic carbocycles. The van der Waals surface area contributed by atoms with Gasteiger partial charge in [0.1, 0.15) is 0 Å². The fourth-order valence-corrected chi connectivity index (χ4v) is 2.85. The Hall–Kier alpha value is -0.0400. The first-order chi connectivity index (χ1) is 6.92. The van der Waals surface area contributed by atoms with E-state index in [1.807, 2.05) is 0 Å². The molecule has 1 unspecified atom stereocenters. The molecule has 0 heterocycles. The van der Waals surface area contributed by atoms with E-state index in [0.717, 1.165) is 17.9 Å². The third kappa shape index (κ3) is 4.55. The van der Waals surface area contributed by atoms with Crippen LogP contribution < -0.4 is 5.32 Å². The van der Waals surface area contributed by atoms with Gasteiger partial charge in [-0.15, -0.1) is 0 Å². The first-order valence-corrected chi connectivity index (χ1v) is 6.59. The molecule has 1 heteroatoms. The molecular formula is C14H29N. The van der Waals surface area contributed by atoms with Gasteiger partial charge in [0.15, 0.2) is 0 Å². The van der Waals surface area contributed by atoms with Crippen LogP contribution in [0.1, 0.15) is 59.8 Å². The van der Waals surface area contributed by atoms with Crippen LogP contribution in [0.15, 0.2) is 0 Å². The van der Waals surface area contributed by atoms with Crippen LogP contribution in [0.2, 0.25) is 0 Å². The van der Waals surface area contributed by atoms with Crippen LogP contribution in [0.4, 0.5) is 0 Å². The van der Waals surface area contributed by atoms with Gasteiger partial charge in [0.05, 0.1) is 0 Å². The van der Waals surface area contributed by atoms with Gasteiger partial charge < -0.3 is 5.32 Å². The quantitative estimate of drug-likeness (QED) is 0.748. The molecule has 1 fully saturated rings. The largest absolute Gasteiger partial charge is 0.317 e. The summed E-state index contributed by atoms with van der Waals surface area (Å²) in [5, 5.41) is 3.54. The Morgan fingerprint density at radius 3 is 2.07 bits per heavy atom. The van der Waals surface area contributed by atoms with Crippen LogP contribution >= 0.6 is 0 Å². The smallest absolute Gasteiger partial charge is 0.00973 e. The second-order valence-corrected chi connectivity index (χ2v) is 6.68. The van der Waals surface area contributed by atoms with E-state index in [1.54, 1.807) is 0 Å². The Morgan fingerprint density at radius 1 is 1.13 bits per heavy atom. The molecule has 0 saturated heterocycles. The van der Waals surface area contributed by atoms with Crippen molar-refractivity contribution in [1.29, 1.82) is 0 Å². The summed E-state index contributed by atoms with van der Waals surface area (Å²) in [6.07, 6.45) is 7.05. The fourth-order valence-electron chi connectivity index (χ4n) is 2.85. The Morgan fingerprint density at radius 2 is 1.67 bits per heavy atom. The first kappa shape index (κ1) is 13.0. The molecule has 1 nitrogen and oxygen atoms in total. The van der Waals surface area contributed by atoms with Gasteiger partial charge in [-0.1, -0.05) is 40.5 Å². The van der Waals surface area contributed by atoms with Gasteiger partial charge in [0, 0.05) is 6.04 Å². The zero-order chi connectivity index (χ0) is 11.5. The summed E-state index contributed by atoms with van der Waals surface area (Å²) in [5.74, 6) is 1.89. The number of hydrogen-bond acceptors (Lipinski definition) is 1. The number of nitrogens with one attached hydrogen (secondary N) is 1. The third-order valence-corrected chi connectivity index (χ3v) is 3.83. The van der Waals surface area contributed by atoms with Crippen molar-refractivity contribution in [2.24, 2.45) is 17.3 Å². The SMILES string of the molecule is CNC(CC(C)(C)C)C1CCC(C)CC1. The van der Waals surface area contributed by atoms with Gasteiger partial charge >= 0.3 is 0 Å². The highest BCUT2D eigenvalue weighted by molar-refractivity contribution is 4.83. The van der Waals surface area contributed by atoms with E-state index in [4.69, 9.17) is 0 Å². The molecule has 1 atom stereocenters. The van der Waals surface area contributed by atoms with Crippen molar-refractivity contribution < 1.29 is 0 Å². The van der Waals surface area contributed by atoms with E-state index in [0.29, 0.717) is 5.41 Å². The highest BCUT2D eigenvalue weighted by Gasteiger charge is 2.28. The lowest BCUT2D eigenvalue weighted by atomic mass is 9.75. The van der Waals surface area contributed by atoms with Gasteiger partial charge in [0.2, 0.25) is 0 Å². The van der Waals surface area contributed by atoms with Crippen LogP contribution in [-0.2, 0) is 0 Å². The minimum atomic E-state index is 0.455. The molecule has 0 amide bonds. The van der Waals surface area contributed by atoms with Crippen molar-refractivity contribution >= 4 is 0 Å². The summed E-state index contributed by atoms with van der Waals surface area (Å²) >= 11 is 0. The topological polar surface area (TPSA) is 12.0 Å². The fraction of sp³-hybridized carbons (Fsp3) is 1.00. The van der Waals surface area contributed by atoms with Crippen LogP contribution in [0.5, 0.6) is 0 Å². The lowest BCUT2D eigenvalue weighted by molar-refractivity contribution is 0.192. The van der Waals surface area contributed by atoms with Crippen LogP contribution in [-0.4, -0.2) is 13.1 Å². The van der Waals surface area contributed by atoms with Crippen molar-refractivity contribution in [3.63, 3.8) is 0 Å². The standard InChI is InChI=1S/C14H29N/c1-11-6-8-12(9-7-11)13(15-5)10-14(2,3)4/h11-13,15H,6-10H2,1-5H3. The van der Waals surface area contributed by atoms with Gasteiger partial charge in [-0.05, 0) is 43.6 Å². The molecule has 1 rings (SSSR count). The van der Waals surface area contributed by atoms with Crippen LogP contribution in [0.25, 0.3) is 0 Å². The number of hydrogen-bond donors (Lipinski definition) is 1. The highest BCUT2D eigenvalue weighted by atomic mass is 14.9. The molecule has 0 spiro atoms. The Labute approximate surface area is 96.0 Å². The van der Waals surface area contributed by atoms with E-state index in [9.17, 15) is 0 Å². The van der Waals surface area contributed by atoms with Gasteiger partial charge in [0.25, 0.3) is 0 Å². The van der Waals surface area contributed by atoms with E-state index < -0.39 is 0 Å². The lowest BCUT2D eigenvalue weighted by Gasteiger charge is -2.36. The summed E-state index contributed by atoms with van der Waals surface area (Å²) in [7, 11) is 2.13. The molecule has 0 aromatic heterocycles. The first-order valence-electron chi connectivity index (χ1n) is 6.59. The van der Waals surface area contributed by atoms with Crippen molar-refractivity contribution in [1.82, 2.24) is 5.32 Å². The van der Waals surface area contributed by atoms with Gasteiger partial charge in [-0.3, -0.25) is 0 Å². The minimum absolute atomic E-state index is 0.455. The molecule has 1 N–H and O–H groups in total. The maximum Gasteiger partial charge on any atom is 0.00973 e. The Bertz CT molecular complexity index is 172. The molecule has 0 bridgehead atoms. The molecule has 15 heavy (non-hydrogen) atoms. The Balaban J connectivity index is 2.44. The highest BCUT2D eigenvalue weighted by Crippen LogP contribution is 2.34. The summed E-state index contributed by atoms with van der Waals surface area (Å²) in [5.41, 5.74) is 0.455. The summed E-state index contributed by atoms with van der Waals surface area (Å²) < 4.78 is 0. The molecule has 0 aliphatic heterocycles. The maximum absolute atomic E-state index is 3.54. The summed E-state index contributed by atoms with van der Waals surface area (Å²) in [6.45, 7) is 9.45. The van der Waals surface area contributed by atoms with Crippen molar-refractivity contribution in [3.05, 3.63) is 0 Å². The number of rotatable bonds is 3. The predicted molar refractivity (Wildman–Crippen MR) is 68.0 cm³/mol. The average molecular weight is 211 g/mol. The molecule has 0 radical (unpaired) electrons. The zero-order valence-corrected chi connectivity index (χ0v) is 11.3. The van der Waals surface area contributed by atoms with Crippen molar-refractivity contribution in [2.75, 3.05) is 7.05 Å². The van der Waals surface area contributed by atoms with Crippen LogP contribution in [0.3, 0.4) is 0 Å². The van der Waals surface area contributed by atoms with Crippen molar-refractivity contribution in [2.45, 2.75) is 65.8 Å². The molecule has 1 aliphatic rings. The Kier molecular flexibility index (Phi) is 4.64. The normalized spacial score (nSPS) is 30.2. The van der Waals surface area contributed by atoms with Gasteiger partial charge in [-0.25, -0.2) is 0 Å². The average Bonchev–Trinajstić information content (AvgIpc) is 2.14. The predicted octanol–water partition coefficient (Wildman–Crippen LogP) is 3.84. The molecule has 90 valence electrons. The second kappa shape index (κ2) is 5.34. The van der Waals surface area contributed by atoms with E-state index in [-0.39, 0.29) is 0 Å². The third-order valence-electron chi connectivity index (χ3n) is 3.83. The van der Waals surface area contributed by atoms with Crippen LogP contribution in [0, 0.1) is 17.3 Å².